The number of imidazole rings is 1. The Morgan fingerprint density at radius 3 is 3.00 bits per heavy atom. The summed E-state index contributed by atoms with van der Waals surface area (Å²) in [5.74, 6) is 0.238. The van der Waals surface area contributed by atoms with Gasteiger partial charge < -0.3 is 9.84 Å². The van der Waals surface area contributed by atoms with Gasteiger partial charge in [0.15, 0.2) is 5.69 Å². The van der Waals surface area contributed by atoms with Crippen molar-refractivity contribution in [2.45, 2.75) is 33.1 Å². The van der Waals surface area contributed by atoms with Gasteiger partial charge in [-0.1, -0.05) is 13.8 Å². The standard InChI is InChI=1S/C21H22N2O3S/c1-12(2)8-15-9-17-13(10-18(15)24)4-5-16-19(21(25)26-3)22-20(23(16)17)14-6-7-27-11-14/h6-7,9-12,24H,4-5,8H2,1-3H3/i3D3. The molecule has 0 aliphatic carbocycles. The van der Waals surface area contributed by atoms with Crippen molar-refractivity contribution in [2.24, 2.45) is 5.92 Å². The summed E-state index contributed by atoms with van der Waals surface area (Å²) in [6, 6.07) is 5.64. The maximum atomic E-state index is 12.6. The van der Waals surface area contributed by atoms with E-state index >= 15 is 0 Å². The van der Waals surface area contributed by atoms with E-state index in [0.717, 1.165) is 22.4 Å². The Bertz CT molecular complexity index is 1100. The van der Waals surface area contributed by atoms with Gasteiger partial charge in [-0.15, -0.1) is 0 Å². The molecule has 0 saturated carbocycles. The average Bonchev–Trinajstić information content (AvgIpc) is 3.27. The molecule has 6 heteroatoms. The van der Waals surface area contributed by atoms with E-state index in [4.69, 9.17) is 4.11 Å². The first-order valence-electron chi connectivity index (χ1n) is 10.4. The van der Waals surface area contributed by atoms with Gasteiger partial charge in [-0.3, -0.25) is 4.57 Å². The lowest BCUT2D eigenvalue weighted by atomic mass is 9.94. The number of ether oxygens (including phenoxy) is 1. The van der Waals surface area contributed by atoms with Crippen LogP contribution in [-0.4, -0.2) is 27.7 Å². The molecule has 0 bridgehead atoms. The summed E-state index contributed by atoms with van der Waals surface area (Å²) in [6.45, 7) is 4.17. The van der Waals surface area contributed by atoms with Crippen molar-refractivity contribution in [1.29, 1.82) is 0 Å². The van der Waals surface area contributed by atoms with Crippen molar-refractivity contribution in [1.82, 2.24) is 9.55 Å². The number of methoxy groups -OCH3 is 1. The van der Waals surface area contributed by atoms with E-state index in [1.807, 2.05) is 27.5 Å². The molecular weight excluding hydrogens is 360 g/mol. The fourth-order valence-electron chi connectivity index (χ4n) is 3.67. The van der Waals surface area contributed by atoms with Gasteiger partial charge in [0.05, 0.1) is 22.5 Å². The second-order valence-electron chi connectivity index (χ2n) is 7.18. The number of carbonyl (C=O) groups is 1. The smallest absolute Gasteiger partial charge is 0.358 e. The highest BCUT2D eigenvalue weighted by Crippen LogP contribution is 2.37. The Kier molecular flexibility index (Phi) is 3.67. The highest BCUT2D eigenvalue weighted by molar-refractivity contribution is 7.08. The summed E-state index contributed by atoms with van der Waals surface area (Å²) in [4.78, 5) is 17.1. The molecule has 0 radical (unpaired) electrons. The van der Waals surface area contributed by atoms with E-state index < -0.39 is 13.0 Å². The first-order chi connectivity index (χ1) is 14.1. The van der Waals surface area contributed by atoms with E-state index in [1.54, 1.807) is 6.07 Å². The summed E-state index contributed by atoms with van der Waals surface area (Å²) in [5, 5.41) is 14.3. The van der Waals surface area contributed by atoms with E-state index in [1.165, 1.54) is 11.3 Å². The molecule has 1 N–H and O–H groups in total. The van der Waals surface area contributed by atoms with Crippen LogP contribution in [0.3, 0.4) is 0 Å². The molecule has 1 aromatic carbocycles. The van der Waals surface area contributed by atoms with E-state index in [9.17, 15) is 9.90 Å². The van der Waals surface area contributed by atoms with Gasteiger partial charge >= 0.3 is 5.97 Å². The lowest BCUT2D eigenvalue weighted by molar-refractivity contribution is 0.0593. The van der Waals surface area contributed by atoms with Crippen molar-refractivity contribution in [3.8, 4) is 22.8 Å². The number of thiophene rings is 1. The van der Waals surface area contributed by atoms with Crippen LogP contribution in [0.5, 0.6) is 5.75 Å². The molecule has 4 rings (SSSR count). The SMILES string of the molecule is [2H]C([2H])([2H])OC(=O)c1nc(-c2ccsc2)n2c1CCc1cc(O)c(CC(C)C)cc1-2. The van der Waals surface area contributed by atoms with Crippen LogP contribution in [0.4, 0.5) is 0 Å². The van der Waals surface area contributed by atoms with Crippen molar-refractivity contribution in [3.63, 3.8) is 0 Å². The molecule has 1 aliphatic rings. The number of aromatic nitrogens is 2. The second-order valence-corrected chi connectivity index (χ2v) is 7.96. The Labute approximate surface area is 166 Å². The Balaban J connectivity index is 1.91. The minimum absolute atomic E-state index is 0.0245. The molecule has 3 aromatic rings. The predicted molar refractivity (Wildman–Crippen MR) is 106 cm³/mol. The Morgan fingerprint density at radius 1 is 1.44 bits per heavy atom. The molecule has 0 spiro atoms. The molecule has 0 amide bonds. The maximum Gasteiger partial charge on any atom is 0.358 e. The molecular formula is C21H22N2O3S. The fraction of sp³-hybridized carbons (Fsp3) is 0.333. The van der Waals surface area contributed by atoms with Gasteiger partial charge in [-0.05, 0) is 59.9 Å². The van der Waals surface area contributed by atoms with Crippen molar-refractivity contribution in [2.75, 3.05) is 7.04 Å². The molecule has 0 saturated heterocycles. The Hall–Kier alpha value is -2.60. The molecule has 27 heavy (non-hydrogen) atoms. The monoisotopic (exact) mass is 385 g/mol. The number of aromatic hydroxyl groups is 1. The normalized spacial score (nSPS) is 14.9. The molecule has 3 heterocycles. The number of phenols is 1. The molecule has 0 fully saturated rings. The van der Waals surface area contributed by atoms with Crippen molar-refractivity contribution in [3.05, 3.63) is 51.5 Å². The van der Waals surface area contributed by atoms with E-state index in [2.05, 4.69) is 23.6 Å². The topological polar surface area (TPSA) is 64.3 Å². The highest BCUT2D eigenvalue weighted by Gasteiger charge is 2.29. The lowest BCUT2D eigenvalue weighted by Gasteiger charge is -2.23. The zero-order valence-electron chi connectivity index (χ0n) is 18.2. The largest absolute Gasteiger partial charge is 0.508 e. The van der Waals surface area contributed by atoms with Crippen LogP contribution in [0.25, 0.3) is 17.1 Å². The average molecular weight is 386 g/mol. The second kappa shape index (κ2) is 6.85. The summed E-state index contributed by atoms with van der Waals surface area (Å²) in [6.07, 6.45) is 1.80. The zero-order valence-corrected chi connectivity index (χ0v) is 16.0. The number of aryl methyl sites for hydroxylation is 1. The van der Waals surface area contributed by atoms with Crippen LogP contribution < -0.4 is 0 Å². The summed E-state index contributed by atoms with van der Waals surface area (Å²) in [7, 11) is -2.83. The van der Waals surface area contributed by atoms with Gasteiger partial charge in [0.2, 0.25) is 0 Å². The molecule has 0 unspecified atom stereocenters. The number of carbonyl (C=O) groups excluding carboxylic acids is 1. The third-order valence-electron chi connectivity index (χ3n) is 4.82. The molecule has 140 valence electrons. The van der Waals surface area contributed by atoms with Crippen molar-refractivity contribution < 1.29 is 18.8 Å². The van der Waals surface area contributed by atoms with Crippen LogP contribution in [0.1, 0.15) is 45.3 Å². The van der Waals surface area contributed by atoms with Crippen LogP contribution in [0, 0.1) is 5.92 Å². The number of hydrogen-bond donors (Lipinski definition) is 1. The van der Waals surface area contributed by atoms with Crippen LogP contribution in [-0.2, 0) is 24.0 Å². The third kappa shape index (κ3) is 3.04. The van der Waals surface area contributed by atoms with Crippen LogP contribution >= 0.6 is 11.3 Å². The van der Waals surface area contributed by atoms with E-state index in [0.29, 0.717) is 36.7 Å². The van der Waals surface area contributed by atoms with Crippen molar-refractivity contribution >= 4 is 17.3 Å². The number of hydrogen-bond acceptors (Lipinski definition) is 5. The third-order valence-corrected chi connectivity index (χ3v) is 5.50. The number of rotatable bonds is 4. The number of nitrogens with zero attached hydrogens (tertiary/aromatic N) is 2. The minimum Gasteiger partial charge on any atom is -0.508 e. The molecule has 0 atom stereocenters. The van der Waals surface area contributed by atoms with Gasteiger partial charge in [0.1, 0.15) is 11.6 Å². The summed E-state index contributed by atoms with van der Waals surface area (Å²) >= 11 is 1.51. The summed E-state index contributed by atoms with van der Waals surface area (Å²) in [5.41, 5.74) is 4.12. The first-order valence-corrected chi connectivity index (χ1v) is 9.81. The number of esters is 1. The van der Waals surface area contributed by atoms with Gasteiger partial charge in [0, 0.05) is 10.9 Å². The van der Waals surface area contributed by atoms with Gasteiger partial charge in [-0.25, -0.2) is 9.78 Å². The number of phenolic OH excluding ortho intramolecular Hbond substituents is 1. The molecule has 1 aliphatic heterocycles. The molecule has 5 nitrogen and oxygen atoms in total. The quantitative estimate of drug-likeness (QED) is 0.677. The predicted octanol–water partition coefficient (Wildman–Crippen LogP) is 4.39. The highest BCUT2D eigenvalue weighted by atomic mass is 32.1. The van der Waals surface area contributed by atoms with E-state index in [-0.39, 0.29) is 11.4 Å². The number of benzene rings is 1. The fourth-order valence-corrected chi connectivity index (χ4v) is 4.30. The lowest BCUT2D eigenvalue weighted by Crippen LogP contribution is -2.16. The Morgan fingerprint density at radius 2 is 2.30 bits per heavy atom. The van der Waals surface area contributed by atoms with Crippen LogP contribution in [0.15, 0.2) is 29.0 Å². The van der Waals surface area contributed by atoms with Gasteiger partial charge in [-0.2, -0.15) is 11.3 Å². The van der Waals surface area contributed by atoms with Gasteiger partial charge in [0.25, 0.3) is 0 Å². The minimum atomic E-state index is -2.83. The maximum absolute atomic E-state index is 12.6. The summed E-state index contributed by atoms with van der Waals surface area (Å²) < 4.78 is 28.3. The first kappa shape index (κ1) is 14.5. The van der Waals surface area contributed by atoms with Crippen LogP contribution in [0.2, 0.25) is 0 Å². The molecule has 2 aromatic heterocycles. The zero-order chi connectivity index (χ0) is 21.6. The number of fused-ring (bicyclic) bond motifs is 3.